The van der Waals surface area contributed by atoms with Gasteiger partial charge in [0, 0.05) is 18.3 Å². The van der Waals surface area contributed by atoms with E-state index in [1.807, 2.05) is 0 Å². The van der Waals surface area contributed by atoms with E-state index in [9.17, 15) is 8.78 Å². The highest BCUT2D eigenvalue weighted by Gasteiger charge is 2.38. The first-order valence-electron chi connectivity index (χ1n) is 6.40. The summed E-state index contributed by atoms with van der Waals surface area (Å²) in [6.07, 6.45) is 5.38. The molecule has 1 aromatic carbocycles. The van der Waals surface area contributed by atoms with Crippen molar-refractivity contribution in [1.29, 1.82) is 0 Å². The van der Waals surface area contributed by atoms with Gasteiger partial charge in [-0.2, -0.15) is 0 Å². The zero-order valence-corrected chi connectivity index (χ0v) is 9.76. The van der Waals surface area contributed by atoms with Crippen molar-refractivity contribution in [3.05, 3.63) is 29.8 Å². The van der Waals surface area contributed by atoms with Gasteiger partial charge >= 0.3 is 0 Å². The van der Waals surface area contributed by atoms with Gasteiger partial charge in [-0.25, -0.2) is 8.78 Å². The van der Waals surface area contributed by atoms with Gasteiger partial charge < -0.3 is 5.32 Å². The number of hydrogen-bond donors (Lipinski definition) is 1. The van der Waals surface area contributed by atoms with Crippen molar-refractivity contribution in [2.75, 3.05) is 11.9 Å². The summed E-state index contributed by atoms with van der Waals surface area (Å²) in [5.74, 6) is 1.42. The second kappa shape index (κ2) is 4.28. The number of rotatable bonds is 3. The van der Waals surface area contributed by atoms with Crippen LogP contribution in [0.1, 0.15) is 25.7 Å². The lowest BCUT2D eigenvalue weighted by molar-refractivity contribution is 0.348. The van der Waals surface area contributed by atoms with Crippen LogP contribution >= 0.6 is 0 Å². The molecule has 1 aromatic rings. The van der Waals surface area contributed by atoms with E-state index in [1.54, 1.807) is 0 Å². The summed E-state index contributed by atoms with van der Waals surface area (Å²) in [4.78, 5) is 0. The topological polar surface area (TPSA) is 12.0 Å². The smallest absolute Gasteiger partial charge is 0.128 e. The summed E-state index contributed by atoms with van der Waals surface area (Å²) in [7, 11) is 0. The third kappa shape index (κ3) is 2.28. The maximum absolute atomic E-state index is 13.0. The Bertz CT molecular complexity index is 398. The fraction of sp³-hybridized carbons (Fsp3) is 0.571. The van der Waals surface area contributed by atoms with Gasteiger partial charge in [0.2, 0.25) is 0 Å². The van der Waals surface area contributed by atoms with Crippen molar-refractivity contribution in [2.45, 2.75) is 25.7 Å². The largest absolute Gasteiger partial charge is 0.385 e. The second-order valence-electron chi connectivity index (χ2n) is 5.47. The molecule has 92 valence electrons. The molecule has 2 aliphatic rings. The Morgan fingerprint density at radius 3 is 2.41 bits per heavy atom. The normalized spacial score (nSPS) is 30.8. The van der Waals surface area contributed by atoms with Crippen LogP contribution in [0.3, 0.4) is 0 Å². The molecule has 0 aromatic heterocycles. The molecule has 2 saturated carbocycles. The van der Waals surface area contributed by atoms with Crippen LogP contribution in [-0.2, 0) is 0 Å². The summed E-state index contributed by atoms with van der Waals surface area (Å²) < 4.78 is 26.0. The maximum atomic E-state index is 13.0. The summed E-state index contributed by atoms with van der Waals surface area (Å²) in [6, 6.07) is 3.62. The zero-order chi connectivity index (χ0) is 11.8. The standard InChI is InChI=1S/C14H17F2N/c15-12-5-13(16)7-14(6-12)17-8-11-4-9-1-2-10(11)3-9/h5-7,9-11,17H,1-4,8H2. The lowest BCUT2D eigenvalue weighted by Gasteiger charge is -2.22. The van der Waals surface area contributed by atoms with Gasteiger partial charge in [-0.1, -0.05) is 6.42 Å². The molecule has 0 spiro atoms. The molecule has 17 heavy (non-hydrogen) atoms. The minimum Gasteiger partial charge on any atom is -0.385 e. The first kappa shape index (κ1) is 11.0. The van der Waals surface area contributed by atoms with E-state index >= 15 is 0 Å². The number of benzene rings is 1. The van der Waals surface area contributed by atoms with Gasteiger partial charge in [-0.05, 0) is 49.1 Å². The first-order valence-corrected chi connectivity index (χ1v) is 6.40. The molecule has 0 amide bonds. The maximum Gasteiger partial charge on any atom is 0.128 e. The molecule has 3 atom stereocenters. The highest BCUT2D eigenvalue weighted by atomic mass is 19.1. The molecular weight excluding hydrogens is 220 g/mol. The quantitative estimate of drug-likeness (QED) is 0.842. The minimum atomic E-state index is -0.513. The van der Waals surface area contributed by atoms with Crippen LogP contribution in [0.15, 0.2) is 18.2 Å². The Hall–Kier alpha value is -1.12. The average molecular weight is 237 g/mol. The fourth-order valence-electron chi connectivity index (χ4n) is 3.53. The Morgan fingerprint density at radius 2 is 1.82 bits per heavy atom. The molecule has 0 heterocycles. The monoisotopic (exact) mass is 237 g/mol. The third-order valence-electron chi connectivity index (χ3n) is 4.32. The van der Waals surface area contributed by atoms with Crippen LogP contribution in [0.25, 0.3) is 0 Å². The van der Waals surface area contributed by atoms with Gasteiger partial charge in [0.25, 0.3) is 0 Å². The number of fused-ring (bicyclic) bond motifs is 2. The van der Waals surface area contributed by atoms with Gasteiger partial charge in [0.05, 0.1) is 0 Å². The Labute approximate surface area is 100 Å². The van der Waals surface area contributed by atoms with E-state index in [1.165, 1.54) is 37.8 Å². The van der Waals surface area contributed by atoms with Gasteiger partial charge in [-0.15, -0.1) is 0 Å². The molecule has 0 saturated heterocycles. The minimum absolute atomic E-state index is 0.513. The predicted molar refractivity (Wildman–Crippen MR) is 63.8 cm³/mol. The molecule has 2 aliphatic carbocycles. The highest BCUT2D eigenvalue weighted by Crippen LogP contribution is 2.48. The third-order valence-corrected chi connectivity index (χ3v) is 4.32. The fourth-order valence-corrected chi connectivity index (χ4v) is 3.53. The second-order valence-corrected chi connectivity index (χ2v) is 5.47. The van der Waals surface area contributed by atoms with Crippen molar-refractivity contribution < 1.29 is 8.78 Å². The molecule has 3 unspecified atom stereocenters. The van der Waals surface area contributed by atoms with Crippen LogP contribution < -0.4 is 5.32 Å². The van der Waals surface area contributed by atoms with E-state index in [-0.39, 0.29) is 0 Å². The number of nitrogens with one attached hydrogen (secondary N) is 1. The lowest BCUT2D eigenvalue weighted by atomic mass is 9.89. The van der Waals surface area contributed by atoms with Crippen LogP contribution in [0, 0.1) is 29.4 Å². The molecule has 1 nitrogen and oxygen atoms in total. The van der Waals surface area contributed by atoms with Gasteiger partial charge in [-0.3, -0.25) is 0 Å². The van der Waals surface area contributed by atoms with E-state index < -0.39 is 11.6 Å². The molecule has 3 heteroatoms. The van der Waals surface area contributed by atoms with Crippen molar-refractivity contribution in [3.8, 4) is 0 Å². The molecule has 3 rings (SSSR count). The molecule has 0 aliphatic heterocycles. The Morgan fingerprint density at radius 1 is 1.06 bits per heavy atom. The van der Waals surface area contributed by atoms with Gasteiger partial charge in [0.1, 0.15) is 11.6 Å². The van der Waals surface area contributed by atoms with Crippen molar-refractivity contribution >= 4 is 5.69 Å². The summed E-state index contributed by atoms with van der Waals surface area (Å²) >= 11 is 0. The highest BCUT2D eigenvalue weighted by molar-refractivity contribution is 5.43. The van der Waals surface area contributed by atoms with Crippen molar-refractivity contribution in [1.82, 2.24) is 0 Å². The molecule has 0 radical (unpaired) electrons. The van der Waals surface area contributed by atoms with Crippen LogP contribution in [0.4, 0.5) is 14.5 Å². The van der Waals surface area contributed by atoms with E-state index in [0.717, 1.165) is 24.4 Å². The van der Waals surface area contributed by atoms with E-state index in [0.29, 0.717) is 11.6 Å². The predicted octanol–water partition coefficient (Wildman–Crippen LogP) is 3.81. The summed E-state index contributed by atoms with van der Waals surface area (Å²) in [5, 5.41) is 3.17. The average Bonchev–Trinajstić information content (AvgIpc) is 2.86. The van der Waals surface area contributed by atoms with Crippen molar-refractivity contribution in [3.63, 3.8) is 0 Å². The van der Waals surface area contributed by atoms with Crippen LogP contribution in [0.2, 0.25) is 0 Å². The molecule has 1 N–H and O–H groups in total. The Kier molecular flexibility index (Phi) is 2.77. The number of hydrogen-bond acceptors (Lipinski definition) is 1. The SMILES string of the molecule is Fc1cc(F)cc(NCC2CC3CCC2C3)c1. The number of halogens is 2. The van der Waals surface area contributed by atoms with Crippen LogP contribution in [0.5, 0.6) is 0 Å². The molecule has 2 fully saturated rings. The lowest BCUT2D eigenvalue weighted by Crippen LogP contribution is -2.20. The van der Waals surface area contributed by atoms with E-state index in [2.05, 4.69) is 5.32 Å². The van der Waals surface area contributed by atoms with Crippen LogP contribution in [-0.4, -0.2) is 6.54 Å². The summed E-state index contributed by atoms with van der Waals surface area (Å²) in [6.45, 7) is 0.851. The van der Waals surface area contributed by atoms with E-state index in [4.69, 9.17) is 0 Å². The summed E-state index contributed by atoms with van der Waals surface area (Å²) in [5.41, 5.74) is 0.560. The molecular formula is C14H17F2N. The van der Waals surface area contributed by atoms with Gasteiger partial charge in [0.15, 0.2) is 0 Å². The zero-order valence-electron chi connectivity index (χ0n) is 9.76. The molecule has 2 bridgehead atoms. The van der Waals surface area contributed by atoms with Crippen molar-refractivity contribution in [2.24, 2.45) is 17.8 Å². The number of anilines is 1. The Balaban J connectivity index is 1.60. The first-order chi connectivity index (χ1) is 8.20.